The molecule has 1 atom stereocenters. The van der Waals surface area contributed by atoms with Crippen molar-refractivity contribution < 1.29 is 0 Å². The molecule has 0 aromatic heterocycles. The van der Waals surface area contributed by atoms with Gasteiger partial charge in [-0.25, -0.2) is 0 Å². The van der Waals surface area contributed by atoms with Crippen LogP contribution in [0.4, 0.5) is 0 Å². The lowest BCUT2D eigenvalue weighted by Gasteiger charge is -2.34. The standard InChI is InChI=1S/C16H34N2/c1-7-16(8-2)9-10-18(12-16)15(13(3)4)11-17-14(5)6/h13-15,17H,7-12H2,1-6H3. The molecule has 0 amide bonds. The van der Waals surface area contributed by atoms with Gasteiger partial charge < -0.3 is 5.32 Å². The van der Waals surface area contributed by atoms with Crippen LogP contribution >= 0.6 is 0 Å². The summed E-state index contributed by atoms with van der Waals surface area (Å²) in [6.45, 7) is 17.7. The van der Waals surface area contributed by atoms with Crippen LogP contribution in [-0.2, 0) is 0 Å². The Morgan fingerprint density at radius 2 is 1.72 bits per heavy atom. The molecule has 1 fully saturated rings. The highest BCUT2D eigenvalue weighted by molar-refractivity contribution is 4.92. The summed E-state index contributed by atoms with van der Waals surface area (Å²) >= 11 is 0. The van der Waals surface area contributed by atoms with Crippen LogP contribution in [0.2, 0.25) is 0 Å². The molecule has 0 aromatic rings. The summed E-state index contributed by atoms with van der Waals surface area (Å²) in [4.78, 5) is 2.74. The number of likely N-dealkylation sites (tertiary alicyclic amines) is 1. The maximum atomic E-state index is 3.63. The molecule has 0 aromatic carbocycles. The maximum absolute atomic E-state index is 3.63. The summed E-state index contributed by atoms with van der Waals surface area (Å²) in [5.41, 5.74) is 0.602. The molecule has 2 heteroatoms. The van der Waals surface area contributed by atoms with E-state index < -0.39 is 0 Å². The van der Waals surface area contributed by atoms with E-state index in [-0.39, 0.29) is 0 Å². The van der Waals surface area contributed by atoms with Gasteiger partial charge in [-0.1, -0.05) is 41.5 Å². The Kier molecular flexibility index (Phi) is 6.13. The van der Waals surface area contributed by atoms with Gasteiger partial charge in [-0.05, 0) is 37.1 Å². The molecule has 1 rings (SSSR count). The van der Waals surface area contributed by atoms with E-state index >= 15 is 0 Å². The van der Waals surface area contributed by atoms with Crippen molar-refractivity contribution in [2.45, 2.75) is 72.9 Å². The van der Waals surface area contributed by atoms with Crippen LogP contribution in [0.15, 0.2) is 0 Å². The Labute approximate surface area is 115 Å². The molecule has 0 bridgehead atoms. The van der Waals surface area contributed by atoms with E-state index in [1.165, 1.54) is 32.4 Å². The van der Waals surface area contributed by atoms with Crippen LogP contribution in [0, 0.1) is 11.3 Å². The molecule has 1 N–H and O–H groups in total. The van der Waals surface area contributed by atoms with E-state index in [0.29, 0.717) is 17.5 Å². The molecule has 1 aliphatic rings. The van der Waals surface area contributed by atoms with Gasteiger partial charge in [0.25, 0.3) is 0 Å². The quantitative estimate of drug-likeness (QED) is 0.748. The molecule has 0 saturated carbocycles. The van der Waals surface area contributed by atoms with E-state index in [1.54, 1.807) is 0 Å². The van der Waals surface area contributed by atoms with Crippen molar-refractivity contribution in [3.63, 3.8) is 0 Å². The molecule has 0 radical (unpaired) electrons. The predicted octanol–water partition coefficient (Wildman–Crippen LogP) is 3.52. The maximum Gasteiger partial charge on any atom is 0.0243 e. The fourth-order valence-electron chi connectivity index (χ4n) is 3.22. The third-order valence-corrected chi connectivity index (χ3v) is 4.94. The number of rotatable bonds is 7. The van der Waals surface area contributed by atoms with Crippen LogP contribution in [0.1, 0.15) is 60.8 Å². The first kappa shape index (κ1) is 16.0. The minimum Gasteiger partial charge on any atom is -0.313 e. The molecular weight excluding hydrogens is 220 g/mol. The molecule has 1 unspecified atom stereocenters. The summed E-state index contributed by atoms with van der Waals surface area (Å²) < 4.78 is 0. The van der Waals surface area contributed by atoms with Crippen LogP contribution in [0.25, 0.3) is 0 Å². The van der Waals surface area contributed by atoms with E-state index in [1.807, 2.05) is 0 Å². The van der Waals surface area contributed by atoms with Crippen molar-refractivity contribution in [3.05, 3.63) is 0 Å². The average Bonchev–Trinajstić information content (AvgIpc) is 2.73. The Morgan fingerprint density at radius 3 is 2.11 bits per heavy atom. The number of nitrogens with zero attached hydrogens (tertiary/aromatic N) is 1. The Hall–Kier alpha value is -0.0800. The topological polar surface area (TPSA) is 15.3 Å². The van der Waals surface area contributed by atoms with E-state index in [0.717, 1.165) is 12.5 Å². The fourth-order valence-corrected chi connectivity index (χ4v) is 3.22. The molecule has 2 nitrogen and oxygen atoms in total. The average molecular weight is 254 g/mol. The first-order valence-electron chi connectivity index (χ1n) is 7.91. The highest BCUT2D eigenvalue weighted by Gasteiger charge is 2.38. The van der Waals surface area contributed by atoms with Gasteiger partial charge in [-0.2, -0.15) is 0 Å². The van der Waals surface area contributed by atoms with Crippen molar-refractivity contribution in [3.8, 4) is 0 Å². The number of hydrogen-bond donors (Lipinski definition) is 1. The van der Waals surface area contributed by atoms with Gasteiger partial charge in [-0.3, -0.25) is 4.90 Å². The van der Waals surface area contributed by atoms with Crippen molar-refractivity contribution in [1.82, 2.24) is 10.2 Å². The first-order chi connectivity index (χ1) is 8.44. The second-order valence-corrected chi connectivity index (χ2v) is 6.80. The molecule has 108 valence electrons. The second kappa shape index (κ2) is 6.91. The second-order valence-electron chi connectivity index (χ2n) is 6.80. The Balaban J connectivity index is 2.60. The lowest BCUT2D eigenvalue weighted by molar-refractivity contribution is 0.154. The lowest BCUT2D eigenvalue weighted by Crippen LogP contribution is -2.46. The van der Waals surface area contributed by atoms with Gasteiger partial charge in [-0.15, -0.1) is 0 Å². The fraction of sp³-hybridized carbons (Fsp3) is 1.00. The van der Waals surface area contributed by atoms with Crippen LogP contribution < -0.4 is 5.32 Å². The zero-order valence-electron chi connectivity index (χ0n) is 13.4. The van der Waals surface area contributed by atoms with Crippen LogP contribution in [-0.4, -0.2) is 36.6 Å². The third kappa shape index (κ3) is 3.96. The molecule has 1 saturated heterocycles. The van der Waals surface area contributed by atoms with Crippen LogP contribution in [0.5, 0.6) is 0 Å². The summed E-state index contributed by atoms with van der Waals surface area (Å²) in [7, 11) is 0. The monoisotopic (exact) mass is 254 g/mol. The summed E-state index contributed by atoms with van der Waals surface area (Å²) in [5, 5.41) is 3.63. The minimum atomic E-state index is 0.593. The lowest BCUT2D eigenvalue weighted by atomic mass is 9.82. The zero-order chi connectivity index (χ0) is 13.8. The minimum absolute atomic E-state index is 0.593. The van der Waals surface area contributed by atoms with Gasteiger partial charge in [0.15, 0.2) is 0 Å². The van der Waals surface area contributed by atoms with E-state index in [2.05, 4.69) is 51.8 Å². The highest BCUT2D eigenvalue weighted by Crippen LogP contribution is 2.38. The van der Waals surface area contributed by atoms with E-state index in [9.17, 15) is 0 Å². The summed E-state index contributed by atoms with van der Waals surface area (Å²) in [6, 6.07) is 1.29. The van der Waals surface area contributed by atoms with Crippen molar-refractivity contribution >= 4 is 0 Å². The smallest absolute Gasteiger partial charge is 0.0243 e. The normalized spacial score (nSPS) is 22.0. The highest BCUT2D eigenvalue weighted by atomic mass is 15.2. The zero-order valence-corrected chi connectivity index (χ0v) is 13.4. The summed E-state index contributed by atoms with van der Waals surface area (Å²) in [6.07, 6.45) is 4.07. The van der Waals surface area contributed by atoms with E-state index in [4.69, 9.17) is 0 Å². The van der Waals surface area contributed by atoms with Gasteiger partial charge in [0.05, 0.1) is 0 Å². The Bertz CT molecular complexity index is 231. The van der Waals surface area contributed by atoms with Crippen LogP contribution in [0.3, 0.4) is 0 Å². The third-order valence-electron chi connectivity index (χ3n) is 4.94. The number of nitrogens with one attached hydrogen (secondary N) is 1. The van der Waals surface area contributed by atoms with Crippen molar-refractivity contribution in [2.24, 2.45) is 11.3 Å². The van der Waals surface area contributed by atoms with Gasteiger partial charge in [0.2, 0.25) is 0 Å². The molecule has 18 heavy (non-hydrogen) atoms. The molecule has 1 heterocycles. The van der Waals surface area contributed by atoms with Gasteiger partial charge in [0.1, 0.15) is 0 Å². The molecular formula is C16H34N2. The largest absolute Gasteiger partial charge is 0.313 e. The van der Waals surface area contributed by atoms with Crippen molar-refractivity contribution in [1.29, 1.82) is 0 Å². The Morgan fingerprint density at radius 1 is 1.11 bits per heavy atom. The van der Waals surface area contributed by atoms with Crippen molar-refractivity contribution in [2.75, 3.05) is 19.6 Å². The van der Waals surface area contributed by atoms with Gasteiger partial charge in [0, 0.05) is 25.2 Å². The predicted molar refractivity (Wildman–Crippen MR) is 81.0 cm³/mol. The molecule has 0 aliphatic carbocycles. The molecule has 1 aliphatic heterocycles. The molecule has 0 spiro atoms. The van der Waals surface area contributed by atoms with Gasteiger partial charge >= 0.3 is 0 Å². The SMILES string of the molecule is CCC1(CC)CCN(C(CNC(C)C)C(C)C)C1. The number of hydrogen-bond acceptors (Lipinski definition) is 2. The summed E-state index contributed by atoms with van der Waals surface area (Å²) in [5.74, 6) is 0.737. The first-order valence-corrected chi connectivity index (χ1v) is 7.91.